The molecule has 0 aliphatic rings. The SMILES string of the molecule is CCc1nn(CCN)c(CC)c1Sc1ccc(-c2nccs2)cc1.O=CC(F)(F)F. The highest BCUT2D eigenvalue weighted by atomic mass is 32.2. The van der Waals surface area contributed by atoms with Crippen molar-refractivity contribution in [2.24, 2.45) is 5.73 Å². The largest absolute Gasteiger partial charge is 0.446 e. The van der Waals surface area contributed by atoms with Crippen LogP contribution in [0.25, 0.3) is 10.6 Å². The van der Waals surface area contributed by atoms with Gasteiger partial charge in [-0.2, -0.15) is 18.3 Å². The second-order valence-electron chi connectivity index (χ2n) is 6.06. The smallest absolute Gasteiger partial charge is 0.329 e. The minimum absolute atomic E-state index is 0.616. The van der Waals surface area contributed by atoms with Gasteiger partial charge < -0.3 is 5.73 Å². The number of rotatable bonds is 7. The van der Waals surface area contributed by atoms with Gasteiger partial charge in [0.25, 0.3) is 0 Å². The molecule has 0 fully saturated rings. The molecule has 0 aliphatic heterocycles. The molecule has 0 unspecified atom stereocenters. The highest BCUT2D eigenvalue weighted by Gasteiger charge is 2.24. The maximum absolute atomic E-state index is 10.4. The third-order valence-electron chi connectivity index (χ3n) is 3.98. The molecule has 2 N–H and O–H groups in total. The fourth-order valence-corrected chi connectivity index (χ4v) is 4.51. The average Bonchev–Trinajstić information content (AvgIpc) is 3.37. The quantitative estimate of drug-likeness (QED) is 0.507. The molecular weight excluding hydrogens is 433 g/mol. The van der Waals surface area contributed by atoms with Gasteiger partial charge in [0.15, 0.2) is 0 Å². The standard InChI is InChI=1S/C18H22N4S2.C2HF3O/c1-3-15-17(16(4-2)22(21-15)11-9-19)24-14-7-5-13(6-8-14)18-20-10-12-23-18;3-2(4,5)1-6/h5-8,10,12H,3-4,9,11,19H2,1-2H3;1H. The molecule has 162 valence electrons. The Hall–Kier alpha value is -2.17. The second-order valence-corrected chi connectivity index (χ2v) is 8.04. The molecule has 3 rings (SSSR count). The van der Waals surface area contributed by atoms with Crippen LogP contribution in [0.1, 0.15) is 25.2 Å². The lowest BCUT2D eigenvalue weighted by atomic mass is 10.2. The van der Waals surface area contributed by atoms with Crippen molar-refractivity contribution in [3.63, 3.8) is 0 Å². The third-order valence-corrected chi connectivity index (χ3v) is 5.98. The van der Waals surface area contributed by atoms with Crippen LogP contribution in [0.15, 0.2) is 45.6 Å². The van der Waals surface area contributed by atoms with Crippen molar-refractivity contribution in [1.82, 2.24) is 14.8 Å². The summed E-state index contributed by atoms with van der Waals surface area (Å²) >= 11 is 3.47. The molecule has 0 aliphatic carbocycles. The Morgan fingerprint density at radius 3 is 2.33 bits per heavy atom. The predicted molar refractivity (Wildman–Crippen MR) is 114 cm³/mol. The van der Waals surface area contributed by atoms with Crippen LogP contribution in [0.5, 0.6) is 0 Å². The molecule has 5 nitrogen and oxygen atoms in total. The summed E-state index contributed by atoms with van der Waals surface area (Å²) in [7, 11) is 0. The minimum Gasteiger partial charge on any atom is -0.329 e. The van der Waals surface area contributed by atoms with Crippen molar-refractivity contribution in [1.29, 1.82) is 0 Å². The van der Waals surface area contributed by atoms with E-state index in [1.54, 1.807) is 23.1 Å². The number of aldehydes is 1. The van der Waals surface area contributed by atoms with Crippen molar-refractivity contribution < 1.29 is 18.0 Å². The monoisotopic (exact) mass is 456 g/mol. The number of benzene rings is 1. The van der Waals surface area contributed by atoms with Crippen LogP contribution >= 0.6 is 23.1 Å². The zero-order valence-electron chi connectivity index (χ0n) is 16.6. The Bertz CT molecular complexity index is 923. The van der Waals surface area contributed by atoms with E-state index in [2.05, 4.69) is 47.8 Å². The van der Waals surface area contributed by atoms with Gasteiger partial charge in [0, 0.05) is 28.6 Å². The molecule has 1 aromatic carbocycles. The molecule has 0 bridgehead atoms. The van der Waals surface area contributed by atoms with Crippen LogP contribution in [0.3, 0.4) is 0 Å². The van der Waals surface area contributed by atoms with E-state index in [0.717, 1.165) is 30.1 Å². The number of carbonyl (C=O) groups is 1. The van der Waals surface area contributed by atoms with Gasteiger partial charge in [-0.25, -0.2) is 4.98 Å². The van der Waals surface area contributed by atoms with Crippen LogP contribution in [-0.2, 0) is 24.2 Å². The first-order valence-corrected chi connectivity index (χ1v) is 11.0. The summed E-state index contributed by atoms with van der Waals surface area (Å²) in [5.74, 6) is 0. The Labute approximate surface area is 181 Å². The van der Waals surface area contributed by atoms with Crippen molar-refractivity contribution in [3.05, 3.63) is 47.2 Å². The number of aryl methyl sites for hydroxylation is 1. The number of alkyl halides is 3. The highest BCUT2D eigenvalue weighted by molar-refractivity contribution is 7.99. The highest BCUT2D eigenvalue weighted by Crippen LogP contribution is 2.35. The van der Waals surface area contributed by atoms with Crippen molar-refractivity contribution in [2.75, 3.05) is 6.54 Å². The summed E-state index contributed by atoms with van der Waals surface area (Å²) in [4.78, 5) is 15.6. The molecule has 10 heteroatoms. The number of nitrogens with zero attached hydrogens (tertiary/aromatic N) is 3. The Morgan fingerprint density at radius 2 is 1.87 bits per heavy atom. The Balaban J connectivity index is 0.000000469. The zero-order valence-corrected chi connectivity index (χ0v) is 18.3. The molecule has 30 heavy (non-hydrogen) atoms. The summed E-state index contributed by atoms with van der Waals surface area (Å²) in [6.45, 7) is 5.73. The number of carbonyl (C=O) groups excluding carboxylic acids is 1. The number of hydrogen-bond donors (Lipinski definition) is 1. The fourth-order valence-electron chi connectivity index (χ4n) is 2.68. The van der Waals surface area contributed by atoms with E-state index < -0.39 is 12.5 Å². The van der Waals surface area contributed by atoms with Crippen LogP contribution in [0.2, 0.25) is 0 Å². The van der Waals surface area contributed by atoms with Gasteiger partial charge in [-0.1, -0.05) is 37.7 Å². The number of hydrogen-bond acceptors (Lipinski definition) is 6. The third kappa shape index (κ3) is 6.68. The number of thiazole rings is 1. The summed E-state index contributed by atoms with van der Waals surface area (Å²) in [6, 6.07) is 8.62. The van der Waals surface area contributed by atoms with E-state index in [0.29, 0.717) is 6.54 Å². The molecule has 3 aromatic rings. The lowest BCUT2D eigenvalue weighted by Gasteiger charge is -2.07. The maximum atomic E-state index is 10.4. The maximum Gasteiger partial charge on any atom is 0.446 e. The van der Waals surface area contributed by atoms with Crippen LogP contribution in [0.4, 0.5) is 13.2 Å². The zero-order chi connectivity index (χ0) is 22.1. The van der Waals surface area contributed by atoms with Gasteiger partial charge in [-0.15, -0.1) is 11.3 Å². The normalized spacial score (nSPS) is 11.1. The Kier molecular flexibility index (Phi) is 9.07. The van der Waals surface area contributed by atoms with E-state index >= 15 is 0 Å². The molecule has 0 spiro atoms. The molecular formula is C20H23F3N4OS2. The summed E-state index contributed by atoms with van der Waals surface area (Å²) in [6.07, 6.45) is -1.96. The van der Waals surface area contributed by atoms with Crippen molar-refractivity contribution in [3.8, 4) is 10.6 Å². The summed E-state index contributed by atoms with van der Waals surface area (Å²) in [5.41, 5.74) is 9.34. The molecule has 2 aromatic heterocycles. The van der Waals surface area contributed by atoms with Crippen molar-refractivity contribution >= 4 is 29.4 Å². The van der Waals surface area contributed by atoms with Crippen molar-refractivity contribution in [2.45, 2.75) is 49.2 Å². The number of aromatic nitrogens is 3. The van der Waals surface area contributed by atoms with Gasteiger partial charge in [-0.05, 0) is 25.0 Å². The van der Waals surface area contributed by atoms with E-state index in [4.69, 9.17) is 15.6 Å². The molecule has 0 amide bonds. The summed E-state index contributed by atoms with van der Waals surface area (Å²) < 4.78 is 33.3. The second kappa shape index (κ2) is 11.3. The molecule has 0 saturated heterocycles. The van der Waals surface area contributed by atoms with Gasteiger partial charge in [0.2, 0.25) is 6.29 Å². The topological polar surface area (TPSA) is 73.8 Å². The average molecular weight is 457 g/mol. The molecule has 0 saturated carbocycles. The van der Waals surface area contributed by atoms with Gasteiger partial charge in [-0.3, -0.25) is 9.48 Å². The van der Waals surface area contributed by atoms with Gasteiger partial charge in [0.1, 0.15) is 5.01 Å². The van der Waals surface area contributed by atoms with Gasteiger partial charge in [0.05, 0.1) is 22.8 Å². The first kappa shape index (κ1) is 24.1. The minimum atomic E-state index is -4.64. The van der Waals surface area contributed by atoms with E-state index in [9.17, 15) is 13.2 Å². The first-order chi connectivity index (χ1) is 14.3. The van der Waals surface area contributed by atoms with Gasteiger partial charge >= 0.3 is 6.18 Å². The van der Waals surface area contributed by atoms with E-state index in [-0.39, 0.29) is 0 Å². The van der Waals surface area contributed by atoms with E-state index in [1.807, 2.05) is 11.6 Å². The number of halogens is 3. The van der Waals surface area contributed by atoms with Crippen LogP contribution < -0.4 is 5.73 Å². The summed E-state index contributed by atoms with van der Waals surface area (Å²) in [5, 5.41) is 7.82. The lowest BCUT2D eigenvalue weighted by Crippen LogP contribution is -2.13. The van der Waals surface area contributed by atoms with Crippen LogP contribution in [-0.4, -0.2) is 33.8 Å². The lowest BCUT2D eigenvalue weighted by molar-refractivity contribution is -0.156. The van der Waals surface area contributed by atoms with Crippen LogP contribution in [0, 0.1) is 0 Å². The molecule has 2 heterocycles. The van der Waals surface area contributed by atoms with E-state index in [1.165, 1.54) is 21.0 Å². The predicted octanol–water partition coefficient (Wildman–Crippen LogP) is 4.99. The Morgan fingerprint density at radius 1 is 1.20 bits per heavy atom. The fraction of sp³-hybridized carbons (Fsp3) is 0.350. The number of nitrogens with two attached hydrogens (primary N) is 1. The molecule has 0 radical (unpaired) electrons. The first-order valence-electron chi connectivity index (χ1n) is 9.32. The molecule has 0 atom stereocenters.